The molecule has 0 aliphatic heterocycles. The highest BCUT2D eigenvalue weighted by Gasteiger charge is 2.23. The van der Waals surface area contributed by atoms with Gasteiger partial charge in [-0.2, -0.15) is 0 Å². The maximum atomic E-state index is 12.7. The molecule has 0 fully saturated rings. The lowest BCUT2D eigenvalue weighted by Gasteiger charge is -2.18. The van der Waals surface area contributed by atoms with E-state index in [1.165, 1.54) is 0 Å². The van der Waals surface area contributed by atoms with Gasteiger partial charge in [-0.05, 0) is 39.7 Å². The van der Waals surface area contributed by atoms with Crippen molar-refractivity contribution in [2.45, 2.75) is 58.7 Å². The van der Waals surface area contributed by atoms with Crippen molar-refractivity contribution >= 4 is 12.0 Å². The molecule has 1 atom stereocenters. The van der Waals surface area contributed by atoms with Crippen LogP contribution in [0.5, 0.6) is 0 Å². The largest absolute Gasteiger partial charge is 0.447 e. The second-order valence-electron chi connectivity index (χ2n) is 7.29. The van der Waals surface area contributed by atoms with E-state index in [9.17, 15) is 9.59 Å². The maximum absolute atomic E-state index is 12.7. The number of hydrogen-bond donors (Lipinski definition) is 2. The third kappa shape index (κ3) is 7.06. The number of nitrogens with one attached hydrogen (secondary N) is 2. The molecule has 0 aliphatic rings. The van der Waals surface area contributed by atoms with Gasteiger partial charge < -0.3 is 19.9 Å². The van der Waals surface area contributed by atoms with E-state index in [-0.39, 0.29) is 18.1 Å². The van der Waals surface area contributed by atoms with Gasteiger partial charge in [-0.3, -0.25) is 4.79 Å². The maximum Gasteiger partial charge on any atom is 0.408 e. The fourth-order valence-electron chi connectivity index (χ4n) is 2.67. The number of nitrogens with zero attached hydrogens (tertiary/aromatic N) is 2. The molecule has 0 bridgehead atoms. The Bertz CT molecular complexity index is 756. The van der Waals surface area contributed by atoms with Crippen LogP contribution >= 0.6 is 0 Å². The summed E-state index contributed by atoms with van der Waals surface area (Å²) in [6, 6.07) is 9.44. The molecule has 2 N–H and O–H groups in total. The van der Waals surface area contributed by atoms with Crippen LogP contribution in [0.1, 0.15) is 45.0 Å². The molecule has 0 aliphatic carbocycles. The summed E-state index contributed by atoms with van der Waals surface area (Å²) in [7, 11) is 0. The van der Waals surface area contributed by atoms with Gasteiger partial charge in [0, 0.05) is 25.2 Å². The monoisotopic (exact) mass is 386 g/mol. The first kappa shape index (κ1) is 21.5. The standard InChI is InChI=1S/C21H30N4O3/c1-15(2)25-13-18(23-14-25)12-19(24-21(27)28-16(3)4)20(26)22-11-10-17-8-6-5-7-9-17/h5-9,13-16,19H,10-12H2,1-4H3,(H,22,26)(H,24,27)/t19-/m1/s1. The topological polar surface area (TPSA) is 85.2 Å². The van der Waals surface area contributed by atoms with Crippen molar-refractivity contribution in [3.63, 3.8) is 0 Å². The Morgan fingerprint density at radius 1 is 1.14 bits per heavy atom. The molecule has 2 amide bonds. The predicted molar refractivity (Wildman–Crippen MR) is 108 cm³/mol. The number of alkyl carbamates (subject to hydrolysis) is 1. The van der Waals surface area contributed by atoms with Gasteiger partial charge in [-0.25, -0.2) is 9.78 Å². The third-order valence-electron chi connectivity index (χ3n) is 4.17. The third-order valence-corrected chi connectivity index (χ3v) is 4.17. The number of carbonyl (C=O) groups is 2. The summed E-state index contributed by atoms with van der Waals surface area (Å²) in [6.45, 7) is 8.12. The van der Waals surface area contributed by atoms with Crippen molar-refractivity contribution in [1.29, 1.82) is 0 Å². The van der Waals surface area contributed by atoms with Crippen LogP contribution in [-0.2, 0) is 22.4 Å². The number of hydrogen-bond acceptors (Lipinski definition) is 4. The number of carbonyl (C=O) groups excluding carboxylic acids is 2. The fraction of sp³-hybridized carbons (Fsp3) is 0.476. The SMILES string of the molecule is CC(C)OC(=O)N[C@H](Cc1cn(C(C)C)cn1)C(=O)NCCc1ccccc1. The number of rotatable bonds is 9. The van der Waals surface area contributed by atoms with Crippen molar-refractivity contribution in [1.82, 2.24) is 20.2 Å². The Balaban J connectivity index is 1.98. The zero-order valence-electron chi connectivity index (χ0n) is 17.0. The molecular formula is C21H30N4O3. The van der Waals surface area contributed by atoms with E-state index < -0.39 is 12.1 Å². The molecule has 2 aromatic rings. The van der Waals surface area contributed by atoms with Gasteiger partial charge in [-0.1, -0.05) is 30.3 Å². The zero-order chi connectivity index (χ0) is 20.5. The van der Waals surface area contributed by atoms with E-state index in [0.717, 1.165) is 17.7 Å². The molecule has 0 unspecified atom stereocenters. The van der Waals surface area contributed by atoms with Gasteiger partial charge in [0.1, 0.15) is 6.04 Å². The van der Waals surface area contributed by atoms with Crippen LogP contribution in [0.4, 0.5) is 4.79 Å². The molecular weight excluding hydrogens is 356 g/mol. The number of benzene rings is 1. The van der Waals surface area contributed by atoms with Crippen molar-refractivity contribution in [2.24, 2.45) is 0 Å². The normalized spacial score (nSPS) is 12.1. The van der Waals surface area contributed by atoms with Gasteiger partial charge in [0.05, 0.1) is 18.1 Å². The summed E-state index contributed by atoms with van der Waals surface area (Å²) in [6.07, 6.45) is 3.77. The number of amides is 2. The first-order chi connectivity index (χ1) is 13.3. The molecule has 0 radical (unpaired) electrons. The van der Waals surface area contributed by atoms with Gasteiger partial charge in [0.25, 0.3) is 0 Å². The summed E-state index contributed by atoms with van der Waals surface area (Å²) >= 11 is 0. The van der Waals surface area contributed by atoms with Crippen LogP contribution < -0.4 is 10.6 Å². The van der Waals surface area contributed by atoms with Crippen LogP contribution in [0.2, 0.25) is 0 Å². The molecule has 0 spiro atoms. The van der Waals surface area contributed by atoms with Crippen molar-refractivity contribution in [3.8, 4) is 0 Å². The number of aromatic nitrogens is 2. The fourth-order valence-corrected chi connectivity index (χ4v) is 2.67. The summed E-state index contributed by atoms with van der Waals surface area (Å²) in [5.74, 6) is -0.254. The molecule has 152 valence electrons. The minimum Gasteiger partial charge on any atom is -0.447 e. The Morgan fingerprint density at radius 2 is 1.86 bits per heavy atom. The zero-order valence-corrected chi connectivity index (χ0v) is 17.0. The number of ether oxygens (including phenoxy) is 1. The summed E-state index contributed by atoms with van der Waals surface area (Å²) in [4.78, 5) is 29.1. The molecule has 1 aromatic heterocycles. The van der Waals surface area contributed by atoms with Gasteiger partial charge in [0.15, 0.2) is 0 Å². The van der Waals surface area contributed by atoms with E-state index in [1.807, 2.05) is 41.1 Å². The molecule has 2 rings (SSSR count). The van der Waals surface area contributed by atoms with E-state index in [4.69, 9.17) is 4.74 Å². The molecule has 0 saturated carbocycles. The Labute approximate surface area is 166 Å². The minimum absolute atomic E-state index is 0.254. The predicted octanol–water partition coefficient (Wildman–Crippen LogP) is 2.87. The lowest BCUT2D eigenvalue weighted by atomic mass is 10.1. The van der Waals surface area contributed by atoms with E-state index in [1.54, 1.807) is 20.2 Å². The first-order valence-electron chi connectivity index (χ1n) is 9.66. The Kier molecular flexibility index (Phi) is 8.04. The smallest absolute Gasteiger partial charge is 0.408 e. The summed E-state index contributed by atoms with van der Waals surface area (Å²) < 4.78 is 7.09. The molecule has 7 heteroatoms. The second-order valence-corrected chi connectivity index (χ2v) is 7.29. The molecule has 28 heavy (non-hydrogen) atoms. The van der Waals surface area contributed by atoms with Gasteiger partial charge in [0.2, 0.25) is 5.91 Å². The highest BCUT2D eigenvalue weighted by atomic mass is 16.6. The van der Waals surface area contributed by atoms with E-state index in [2.05, 4.69) is 29.5 Å². The van der Waals surface area contributed by atoms with Crippen LogP contribution in [-0.4, -0.2) is 40.2 Å². The lowest BCUT2D eigenvalue weighted by Crippen LogP contribution is -2.49. The highest BCUT2D eigenvalue weighted by Crippen LogP contribution is 2.08. The van der Waals surface area contributed by atoms with Crippen LogP contribution in [0.15, 0.2) is 42.9 Å². The highest BCUT2D eigenvalue weighted by molar-refractivity contribution is 5.85. The minimum atomic E-state index is -0.752. The summed E-state index contributed by atoms with van der Waals surface area (Å²) in [5.41, 5.74) is 1.88. The Morgan fingerprint density at radius 3 is 2.46 bits per heavy atom. The average molecular weight is 386 g/mol. The van der Waals surface area contributed by atoms with E-state index in [0.29, 0.717) is 13.0 Å². The number of imidazole rings is 1. The molecule has 0 saturated heterocycles. The average Bonchev–Trinajstić information content (AvgIpc) is 3.10. The van der Waals surface area contributed by atoms with Crippen LogP contribution in [0.3, 0.4) is 0 Å². The van der Waals surface area contributed by atoms with Crippen LogP contribution in [0, 0.1) is 0 Å². The quantitative estimate of drug-likeness (QED) is 0.694. The molecule has 7 nitrogen and oxygen atoms in total. The molecule has 1 aromatic carbocycles. The van der Waals surface area contributed by atoms with Gasteiger partial charge >= 0.3 is 6.09 Å². The van der Waals surface area contributed by atoms with Crippen molar-refractivity contribution in [3.05, 3.63) is 54.1 Å². The second kappa shape index (κ2) is 10.5. The van der Waals surface area contributed by atoms with Crippen molar-refractivity contribution in [2.75, 3.05) is 6.54 Å². The lowest BCUT2D eigenvalue weighted by molar-refractivity contribution is -0.123. The van der Waals surface area contributed by atoms with Gasteiger partial charge in [-0.15, -0.1) is 0 Å². The van der Waals surface area contributed by atoms with Crippen molar-refractivity contribution < 1.29 is 14.3 Å². The van der Waals surface area contributed by atoms with E-state index >= 15 is 0 Å². The molecule has 1 heterocycles. The summed E-state index contributed by atoms with van der Waals surface area (Å²) in [5, 5.41) is 5.56. The van der Waals surface area contributed by atoms with Crippen LogP contribution in [0.25, 0.3) is 0 Å². The Hall–Kier alpha value is -2.83. The first-order valence-corrected chi connectivity index (χ1v) is 9.66.